The van der Waals surface area contributed by atoms with Gasteiger partial charge in [-0.1, -0.05) is 18.2 Å². The van der Waals surface area contributed by atoms with Crippen molar-refractivity contribution in [1.82, 2.24) is 0 Å². The van der Waals surface area contributed by atoms with E-state index in [9.17, 15) is 9.59 Å². The number of carbonyl (C=O) groups excluding carboxylic acids is 2. The van der Waals surface area contributed by atoms with Gasteiger partial charge in [0, 0.05) is 0 Å². The summed E-state index contributed by atoms with van der Waals surface area (Å²) in [6.45, 7) is -0.0852. The minimum atomic E-state index is -0.586. The molecule has 0 aliphatic rings. The Morgan fingerprint density at radius 3 is 2.23 bits per heavy atom. The van der Waals surface area contributed by atoms with Gasteiger partial charge in [-0.15, -0.1) is 0 Å². The Morgan fingerprint density at radius 1 is 0.846 bits per heavy atom. The number of benzene rings is 2. The van der Waals surface area contributed by atoms with Gasteiger partial charge in [0.2, 0.25) is 5.76 Å². The second-order valence-electron chi connectivity index (χ2n) is 5.27. The van der Waals surface area contributed by atoms with Crippen molar-refractivity contribution in [1.29, 1.82) is 0 Å². The van der Waals surface area contributed by atoms with Gasteiger partial charge in [0.25, 0.3) is 0 Å². The van der Waals surface area contributed by atoms with Crippen molar-refractivity contribution in [3.8, 4) is 11.5 Å². The summed E-state index contributed by atoms with van der Waals surface area (Å²) in [6.07, 6.45) is 0. The van der Waals surface area contributed by atoms with Crippen LogP contribution in [0.15, 0.2) is 71.1 Å². The zero-order valence-electron chi connectivity index (χ0n) is 14.0. The van der Waals surface area contributed by atoms with Crippen molar-refractivity contribution in [3.05, 3.63) is 83.8 Å². The predicted octanol–water partition coefficient (Wildman–Crippen LogP) is 4.22. The lowest BCUT2D eigenvalue weighted by atomic mass is 10.2. The Balaban J connectivity index is 1.56. The Kier molecular flexibility index (Phi) is 5.34. The molecule has 0 saturated carbocycles. The molecular weight excluding hydrogens is 336 g/mol. The monoisotopic (exact) mass is 352 g/mol. The number of esters is 2. The molecule has 0 saturated heterocycles. The molecule has 0 N–H and O–H groups in total. The van der Waals surface area contributed by atoms with Gasteiger partial charge in [-0.3, -0.25) is 0 Å². The van der Waals surface area contributed by atoms with E-state index < -0.39 is 11.9 Å². The Labute approximate surface area is 149 Å². The molecule has 2 aromatic carbocycles. The molecule has 1 heterocycles. The molecule has 26 heavy (non-hydrogen) atoms. The van der Waals surface area contributed by atoms with Gasteiger partial charge in [0.05, 0.1) is 12.7 Å². The standard InChI is InChI=1S/C20H16O6/c1-23-20(22)18-12-11-17(26-18)13-24-19(21)14-7-9-16(10-8-14)25-15-5-3-2-4-6-15/h2-12H,13H2,1H3. The van der Waals surface area contributed by atoms with E-state index >= 15 is 0 Å². The van der Waals surface area contributed by atoms with Gasteiger partial charge in [0.1, 0.15) is 23.9 Å². The fourth-order valence-electron chi connectivity index (χ4n) is 2.17. The van der Waals surface area contributed by atoms with Crippen LogP contribution in [0.25, 0.3) is 0 Å². The largest absolute Gasteiger partial charge is 0.463 e. The third-order valence-electron chi connectivity index (χ3n) is 3.46. The van der Waals surface area contributed by atoms with Gasteiger partial charge < -0.3 is 18.6 Å². The zero-order valence-corrected chi connectivity index (χ0v) is 14.0. The molecule has 1 aromatic heterocycles. The summed E-state index contributed by atoms with van der Waals surface area (Å²) in [6, 6.07) is 19.0. The number of carbonyl (C=O) groups is 2. The number of methoxy groups -OCH3 is 1. The number of rotatable bonds is 6. The van der Waals surface area contributed by atoms with Crippen LogP contribution in [0.2, 0.25) is 0 Å². The fourth-order valence-corrected chi connectivity index (χ4v) is 2.17. The fraction of sp³-hybridized carbons (Fsp3) is 0.100. The van der Waals surface area contributed by atoms with Crippen LogP contribution < -0.4 is 4.74 Å². The lowest BCUT2D eigenvalue weighted by Crippen LogP contribution is -2.04. The molecule has 0 aliphatic heterocycles. The van der Waals surface area contributed by atoms with E-state index in [4.69, 9.17) is 13.9 Å². The quantitative estimate of drug-likeness (QED) is 0.619. The van der Waals surface area contributed by atoms with Crippen molar-refractivity contribution in [2.24, 2.45) is 0 Å². The van der Waals surface area contributed by atoms with E-state index in [-0.39, 0.29) is 12.4 Å². The van der Waals surface area contributed by atoms with Crippen LogP contribution in [0.5, 0.6) is 11.5 Å². The Bertz CT molecular complexity index is 880. The van der Waals surface area contributed by atoms with E-state index in [0.29, 0.717) is 22.8 Å². The average molecular weight is 352 g/mol. The highest BCUT2D eigenvalue weighted by Crippen LogP contribution is 2.21. The van der Waals surface area contributed by atoms with Crippen LogP contribution in [0, 0.1) is 0 Å². The topological polar surface area (TPSA) is 75.0 Å². The van der Waals surface area contributed by atoms with Gasteiger partial charge in [-0.25, -0.2) is 9.59 Å². The van der Waals surface area contributed by atoms with Crippen LogP contribution in [0.4, 0.5) is 0 Å². The number of ether oxygens (including phenoxy) is 3. The van der Waals surface area contributed by atoms with Crippen molar-refractivity contribution in [2.45, 2.75) is 6.61 Å². The minimum Gasteiger partial charge on any atom is -0.463 e. The third-order valence-corrected chi connectivity index (χ3v) is 3.46. The maximum Gasteiger partial charge on any atom is 0.373 e. The second-order valence-corrected chi connectivity index (χ2v) is 5.27. The molecule has 0 unspecified atom stereocenters. The highest BCUT2D eigenvalue weighted by Gasteiger charge is 2.13. The zero-order chi connectivity index (χ0) is 18.4. The first-order chi connectivity index (χ1) is 12.7. The molecule has 0 atom stereocenters. The Hall–Kier alpha value is -3.54. The highest BCUT2D eigenvalue weighted by atomic mass is 16.6. The van der Waals surface area contributed by atoms with E-state index in [1.807, 2.05) is 30.3 Å². The first kappa shape index (κ1) is 17.3. The molecule has 3 aromatic rings. The summed E-state index contributed by atoms with van der Waals surface area (Å²) in [4.78, 5) is 23.4. The van der Waals surface area contributed by atoms with Crippen LogP contribution in [-0.2, 0) is 16.1 Å². The summed E-state index contributed by atoms with van der Waals surface area (Å²) >= 11 is 0. The molecule has 0 radical (unpaired) electrons. The van der Waals surface area contributed by atoms with Crippen molar-refractivity contribution in [2.75, 3.05) is 7.11 Å². The molecular formula is C20H16O6. The molecule has 0 spiro atoms. The van der Waals surface area contributed by atoms with Crippen LogP contribution in [0.3, 0.4) is 0 Å². The van der Waals surface area contributed by atoms with E-state index in [1.54, 1.807) is 30.3 Å². The average Bonchev–Trinajstić information content (AvgIpc) is 3.16. The van der Waals surface area contributed by atoms with Crippen LogP contribution in [-0.4, -0.2) is 19.0 Å². The van der Waals surface area contributed by atoms with Gasteiger partial charge in [-0.2, -0.15) is 0 Å². The molecule has 0 fully saturated rings. The minimum absolute atomic E-state index is 0.0564. The molecule has 132 valence electrons. The maximum absolute atomic E-state index is 12.1. The summed E-state index contributed by atoms with van der Waals surface area (Å²) in [5.41, 5.74) is 0.380. The number of hydrogen-bond acceptors (Lipinski definition) is 6. The summed E-state index contributed by atoms with van der Waals surface area (Å²) < 4.78 is 20.6. The first-order valence-electron chi connectivity index (χ1n) is 7.83. The molecule has 6 heteroatoms. The molecule has 0 amide bonds. The summed E-state index contributed by atoms with van der Waals surface area (Å²) in [5, 5.41) is 0. The third kappa shape index (κ3) is 4.30. The normalized spacial score (nSPS) is 10.2. The van der Waals surface area contributed by atoms with Gasteiger partial charge >= 0.3 is 11.9 Å². The van der Waals surface area contributed by atoms with Crippen LogP contribution in [0.1, 0.15) is 26.7 Å². The van der Waals surface area contributed by atoms with E-state index in [2.05, 4.69) is 4.74 Å². The van der Waals surface area contributed by atoms with Gasteiger partial charge in [0.15, 0.2) is 0 Å². The first-order valence-corrected chi connectivity index (χ1v) is 7.83. The lowest BCUT2D eigenvalue weighted by Gasteiger charge is -2.07. The molecule has 6 nitrogen and oxygen atoms in total. The Morgan fingerprint density at radius 2 is 1.54 bits per heavy atom. The SMILES string of the molecule is COC(=O)c1ccc(COC(=O)c2ccc(Oc3ccccc3)cc2)o1. The molecule has 0 bridgehead atoms. The predicted molar refractivity (Wildman–Crippen MR) is 92.1 cm³/mol. The number of hydrogen-bond donors (Lipinski definition) is 0. The molecule has 3 rings (SSSR count). The lowest BCUT2D eigenvalue weighted by molar-refractivity contribution is 0.0438. The van der Waals surface area contributed by atoms with Crippen molar-refractivity contribution in [3.63, 3.8) is 0 Å². The van der Waals surface area contributed by atoms with Crippen molar-refractivity contribution >= 4 is 11.9 Å². The molecule has 0 aliphatic carbocycles. The van der Waals surface area contributed by atoms with E-state index in [1.165, 1.54) is 13.2 Å². The summed E-state index contributed by atoms with van der Waals surface area (Å²) in [5.74, 6) is 0.635. The second kappa shape index (κ2) is 8.02. The van der Waals surface area contributed by atoms with E-state index in [0.717, 1.165) is 0 Å². The highest BCUT2D eigenvalue weighted by molar-refractivity contribution is 5.89. The maximum atomic E-state index is 12.1. The number of furan rings is 1. The number of para-hydroxylation sites is 1. The smallest absolute Gasteiger partial charge is 0.373 e. The summed E-state index contributed by atoms with van der Waals surface area (Å²) in [7, 11) is 1.26. The van der Waals surface area contributed by atoms with Crippen LogP contribution >= 0.6 is 0 Å². The van der Waals surface area contributed by atoms with Gasteiger partial charge in [-0.05, 0) is 48.5 Å². The van der Waals surface area contributed by atoms with Crippen molar-refractivity contribution < 1.29 is 28.2 Å².